The van der Waals surface area contributed by atoms with Crippen LogP contribution in [-0.4, -0.2) is 36.0 Å². The predicted octanol–water partition coefficient (Wildman–Crippen LogP) is 2.24. The van der Waals surface area contributed by atoms with Crippen molar-refractivity contribution in [2.24, 2.45) is 0 Å². The Morgan fingerprint density at radius 1 is 1.53 bits per heavy atom. The van der Waals surface area contributed by atoms with E-state index in [0.29, 0.717) is 17.2 Å². The fraction of sp³-hybridized carbons (Fsp3) is 0.417. The number of esters is 1. The molecule has 0 aliphatic carbocycles. The molecule has 7 heteroatoms. The average molecular weight is 287 g/mol. The summed E-state index contributed by atoms with van der Waals surface area (Å²) in [6, 6.07) is 4.47. The minimum absolute atomic E-state index is 0.0526. The number of nitrogens with zero attached hydrogens (tertiary/aromatic N) is 2. The Morgan fingerprint density at radius 3 is 2.79 bits per heavy atom. The molecule has 104 valence electrons. The molecule has 0 atom stereocenters. The monoisotopic (exact) mass is 286 g/mol. The van der Waals surface area contributed by atoms with Crippen LogP contribution in [0.25, 0.3) is 0 Å². The Bertz CT molecular complexity index is 479. The first-order valence-corrected chi connectivity index (χ1v) is 6.08. The van der Waals surface area contributed by atoms with Crippen LogP contribution in [-0.2, 0) is 16.1 Å². The molecule has 0 saturated heterocycles. The minimum atomic E-state index is -0.487. The van der Waals surface area contributed by atoms with Gasteiger partial charge < -0.3 is 4.74 Å². The summed E-state index contributed by atoms with van der Waals surface area (Å²) in [5.74, 6) is -0.360. The van der Waals surface area contributed by atoms with Crippen molar-refractivity contribution in [3.8, 4) is 0 Å². The fourth-order valence-corrected chi connectivity index (χ4v) is 1.78. The van der Waals surface area contributed by atoms with E-state index < -0.39 is 4.92 Å². The van der Waals surface area contributed by atoms with Crippen LogP contribution < -0.4 is 0 Å². The van der Waals surface area contributed by atoms with Crippen LogP contribution in [0.1, 0.15) is 12.5 Å². The first-order valence-electron chi connectivity index (χ1n) is 5.71. The van der Waals surface area contributed by atoms with Crippen molar-refractivity contribution in [1.29, 1.82) is 0 Å². The van der Waals surface area contributed by atoms with E-state index in [1.807, 2.05) is 0 Å². The molecular weight excluding hydrogens is 272 g/mol. The van der Waals surface area contributed by atoms with Gasteiger partial charge in [-0.25, -0.2) is 0 Å². The second-order valence-corrected chi connectivity index (χ2v) is 4.44. The number of hydrogen-bond donors (Lipinski definition) is 0. The molecule has 0 bridgehead atoms. The number of benzene rings is 1. The molecule has 0 saturated carbocycles. The normalized spacial score (nSPS) is 10.5. The van der Waals surface area contributed by atoms with Crippen molar-refractivity contribution in [1.82, 2.24) is 4.90 Å². The molecule has 19 heavy (non-hydrogen) atoms. The van der Waals surface area contributed by atoms with Crippen LogP contribution in [0.4, 0.5) is 5.69 Å². The number of halogens is 1. The molecule has 0 heterocycles. The third-order valence-corrected chi connectivity index (χ3v) is 2.62. The molecular formula is C12H15ClN2O4. The Labute approximate surface area is 116 Å². The Balaban J connectivity index is 2.76. The Hall–Kier alpha value is -1.66. The molecule has 1 rings (SSSR count). The lowest BCUT2D eigenvalue weighted by atomic mass is 10.1. The SMILES string of the molecule is CCOC(=O)CN(C)Cc1ccc(Cl)cc1[N+](=O)[O-]. The van der Waals surface area contributed by atoms with Crippen molar-refractivity contribution in [2.45, 2.75) is 13.5 Å². The quantitative estimate of drug-likeness (QED) is 0.455. The summed E-state index contributed by atoms with van der Waals surface area (Å²) < 4.78 is 4.81. The number of nitro groups is 1. The molecule has 0 radical (unpaired) electrons. The van der Waals surface area contributed by atoms with Gasteiger partial charge in [0.2, 0.25) is 0 Å². The molecule has 0 amide bonds. The van der Waals surface area contributed by atoms with E-state index in [2.05, 4.69) is 0 Å². The largest absolute Gasteiger partial charge is 0.465 e. The van der Waals surface area contributed by atoms with Gasteiger partial charge in [0.25, 0.3) is 5.69 Å². The summed E-state index contributed by atoms with van der Waals surface area (Å²) >= 11 is 5.73. The predicted molar refractivity (Wildman–Crippen MR) is 71.1 cm³/mol. The standard InChI is InChI=1S/C12H15ClN2O4/c1-3-19-12(16)8-14(2)7-9-4-5-10(13)6-11(9)15(17)18/h4-6H,3,7-8H2,1-2H3. The summed E-state index contributed by atoms with van der Waals surface area (Å²) in [4.78, 5) is 23.4. The highest BCUT2D eigenvalue weighted by Crippen LogP contribution is 2.24. The number of ether oxygens (including phenoxy) is 1. The van der Waals surface area contributed by atoms with E-state index in [1.165, 1.54) is 6.07 Å². The summed E-state index contributed by atoms with van der Waals surface area (Å²) in [7, 11) is 1.69. The maximum Gasteiger partial charge on any atom is 0.320 e. The number of carbonyl (C=O) groups excluding carboxylic acids is 1. The maximum absolute atomic E-state index is 11.3. The topological polar surface area (TPSA) is 72.7 Å². The summed E-state index contributed by atoms with van der Waals surface area (Å²) in [6.45, 7) is 2.38. The second-order valence-electron chi connectivity index (χ2n) is 4.01. The average Bonchev–Trinajstić information content (AvgIpc) is 2.31. The molecule has 0 aliphatic heterocycles. The molecule has 1 aromatic rings. The lowest BCUT2D eigenvalue weighted by Gasteiger charge is -2.15. The van der Waals surface area contributed by atoms with Gasteiger partial charge in [0.15, 0.2) is 0 Å². The molecule has 1 aromatic carbocycles. The van der Waals surface area contributed by atoms with E-state index in [1.54, 1.807) is 31.0 Å². The Morgan fingerprint density at radius 2 is 2.21 bits per heavy atom. The van der Waals surface area contributed by atoms with E-state index in [9.17, 15) is 14.9 Å². The van der Waals surface area contributed by atoms with Gasteiger partial charge in [0, 0.05) is 23.2 Å². The van der Waals surface area contributed by atoms with Gasteiger partial charge in [-0.05, 0) is 26.1 Å². The molecule has 0 fully saturated rings. The van der Waals surface area contributed by atoms with E-state index in [4.69, 9.17) is 16.3 Å². The number of nitro benzene ring substituents is 1. The van der Waals surface area contributed by atoms with Crippen molar-refractivity contribution >= 4 is 23.3 Å². The third-order valence-electron chi connectivity index (χ3n) is 2.39. The van der Waals surface area contributed by atoms with Crippen molar-refractivity contribution < 1.29 is 14.5 Å². The van der Waals surface area contributed by atoms with Gasteiger partial charge in [-0.3, -0.25) is 19.8 Å². The van der Waals surface area contributed by atoms with Crippen LogP contribution >= 0.6 is 11.6 Å². The number of hydrogen-bond acceptors (Lipinski definition) is 5. The zero-order chi connectivity index (χ0) is 14.4. The zero-order valence-electron chi connectivity index (χ0n) is 10.8. The number of likely N-dealkylation sites (N-methyl/N-ethyl adjacent to an activating group) is 1. The summed E-state index contributed by atoms with van der Waals surface area (Å²) in [5.41, 5.74) is 0.449. The summed E-state index contributed by atoms with van der Waals surface area (Å²) in [6.07, 6.45) is 0. The zero-order valence-corrected chi connectivity index (χ0v) is 11.5. The van der Waals surface area contributed by atoms with E-state index in [0.717, 1.165) is 0 Å². The highest BCUT2D eigenvalue weighted by atomic mass is 35.5. The highest BCUT2D eigenvalue weighted by molar-refractivity contribution is 6.30. The van der Waals surface area contributed by atoms with Gasteiger partial charge in [-0.2, -0.15) is 0 Å². The third kappa shape index (κ3) is 4.84. The first kappa shape index (κ1) is 15.4. The first-order chi connectivity index (χ1) is 8.93. The lowest BCUT2D eigenvalue weighted by Crippen LogP contribution is -2.27. The van der Waals surface area contributed by atoms with E-state index >= 15 is 0 Å². The second kappa shape index (κ2) is 7.06. The highest BCUT2D eigenvalue weighted by Gasteiger charge is 2.17. The van der Waals surface area contributed by atoms with Crippen LogP contribution in [0.2, 0.25) is 5.02 Å². The van der Waals surface area contributed by atoms with Crippen LogP contribution in [0, 0.1) is 10.1 Å². The molecule has 0 aliphatic rings. The van der Waals surface area contributed by atoms with Crippen molar-refractivity contribution in [2.75, 3.05) is 20.2 Å². The lowest BCUT2D eigenvalue weighted by molar-refractivity contribution is -0.385. The van der Waals surface area contributed by atoms with Crippen LogP contribution in [0.15, 0.2) is 18.2 Å². The maximum atomic E-state index is 11.3. The molecule has 6 nitrogen and oxygen atoms in total. The molecule has 0 spiro atoms. The van der Waals surface area contributed by atoms with Gasteiger partial charge in [-0.15, -0.1) is 0 Å². The fourth-order valence-electron chi connectivity index (χ4n) is 1.61. The van der Waals surface area contributed by atoms with Gasteiger partial charge in [0.05, 0.1) is 18.1 Å². The Kier molecular flexibility index (Phi) is 5.72. The van der Waals surface area contributed by atoms with Gasteiger partial charge in [0.1, 0.15) is 0 Å². The van der Waals surface area contributed by atoms with Crippen molar-refractivity contribution in [3.63, 3.8) is 0 Å². The smallest absolute Gasteiger partial charge is 0.320 e. The minimum Gasteiger partial charge on any atom is -0.465 e. The molecule has 0 unspecified atom stereocenters. The summed E-state index contributed by atoms with van der Waals surface area (Å²) in [5, 5.41) is 11.2. The van der Waals surface area contributed by atoms with Gasteiger partial charge >= 0.3 is 5.97 Å². The van der Waals surface area contributed by atoms with E-state index in [-0.39, 0.29) is 24.7 Å². The van der Waals surface area contributed by atoms with Gasteiger partial charge in [-0.1, -0.05) is 11.6 Å². The number of carbonyl (C=O) groups is 1. The van der Waals surface area contributed by atoms with Crippen molar-refractivity contribution in [3.05, 3.63) is 38.9 Å². The van der Waals surface area contributed by atoms with Crippen LogP contribution in [0.5, 0.6) is 0 Å². The number of rotatable bonds is 6. The molecule has 0 N–H and O–H groups in total. The van der Waals surface area contributed by atoms with Crippen LogP contribution in [0.3, 0.4) is 0 Å². The molecule has 0 aromatic heterocycles.